The van der Waals surface area contributed by atoms with Gasteiger partial charge in [0.1, 0.15) is 6.33 Å². The predicted molar refractivity (Wildman–Crippen MR) is 67.7 cm³/mol. The van der Waals surface area contributed by atoms with Gasteiger partial charge in [0, 0.05) is 32.0 Å². The van der Waals surface area contributed by atoms with Crippen LogP contribution in [-0.4, -0.2) is 54.2 Å². The van der Waals surface area contributed by atoms with Crippen molar-refractivity contribution < 1.29 is 13.2 Å². The third-order valence-electron chi connectivity index (χ3n) is 2.42. The number of carbonyl (C=O) groups excluding carboxylic acids is 1. The van der Waals surface area contributed by atoms with Crippen LogP contribution in [0.2, 0.25) is 0 Å². The summed E-state index contributed by atoms with van der Waals surface area (Å²) in [5.41, 5.74) is 0. The van der Waals surface area contributed by atoms with E-state index in [0.29, 0.717) is 26.1 Å². The molecule has 102 valence electrons. The molecule has 0 saturated carbocycles. The Labute approximate surface area is 107 Å². The van der Waals surface area contributed by atoms with Crippen molar-refractivity contribution in [3.05, 3.63) is 18.7 Å². The van der Waals surface area contributed by atoms with Crippen molar-refractivity contribution in [3.8, 4) is 0 Å². The largest absolute Gasteiger partial charge is 0.337 e. The van der Waals surface area contributed by atoms with Crippen LogP contribution in [0.5, 0.6) is 0 Å². The number of sulfonamides is 1. The number of carbonyl (C=O) groups is 1. The summed E-state index contributed by atoms with van der Waals surface area (Å²) < 4.78 is 25.3. The van der Waals surface area contributed by atoms with E-state index in [4.69, 9.17) is 0 Å². The second-order valence-electron chi connectivity index (χ2n) is 3.81. The number of nitrogens with zero attached hydrogens (tertiary/aromatic N) is 3. The van der Waals surface area contributed by atoms with E-state index in [1.807, 2.05) is 0 Å². The zero-order chi connectivity index (χ0) is 13.6. The highest BCUT2D eigenvalue weighted by Gasteiger charge is 2.13. The smallest absolute Gasteiger partial charge is 0.326 e. The number of aromatic nitrogens is 2. The minimum Gasteiger partial charge on any atom is -0.337 e. The normalized spacial score (nSPS) is 11.7. The van der Waals surface area contributed by atoms with E-state index in [0.717, 1.165) is 0 Å². The maximum atomic E-state index is 11.5. The lowest BCUT2D eigenvalue weighted by Crippen LogP contribution is -2.34. The van der Waals surface area contributed by atoms with Crippen molar-refractivity contribution >= 4 is 16.1 Å². The summed E-state index contributed by atoms with van der Waals surface area (Å²) in [6.07, 6.45) is 6.22. The van der Waals surface area contributed by atoms with Crippen LogP contribution in [0, 0.1) is 0 Å². The first-order valence-corrected chi connectivity index (χ1v) is 7.51. The third kappa shape index (κ3) is 4.46. The van der Waals surface area contributed by atoms with Crippen LogP contribution >= 0.6 is 0 Å². The lowest BCUT2D eigenvalue weighted by atomic mass is 10.4. The number of hydrogen-bond acceptors (Lipinski definition) is 4. The molecule has 0 saturated heterocycles. The van der Waals surface area contributed by atoms with Gasteiger partial charge in [0.25, 0.3) is 0 Å². The molecule has 0 atom stereocenters. The molecule has 0 bridgehead atoms. The Hall–Kier alpha value is -1.41. The highest BCUT2D eigenvalue weighted by Crippen LogP contribution is 1.98. The Balaban J connectivity index is 2.29. The molecular formula is C10H18N4O3S. The Morgan fingerprint density at radius 1 is 1.50 bits per heavy atom. The lowest BCUT2D eigenvalue weighted by Gasteiger charge is -2.17. The molecule has 0 spiro atoms. The molecule has 0 fully saturated rings. The van der Waals surface area contributed by atoms with E-state index in [-0.39, 0.29) is 6.03 Å². The highest BCUT2D eigenvalue weighted by atomic mass is 32.2. The average Bonchev–Trinajstić information content (AvgIpc) is 2.80. The molecule has 0 aliphatic rings. The summed E-state index contributed by atoms with van der Waals surface area (Å²) in [7, 11) is -3.15. The van der Waals surface area contributed by atoms with Crippen molar-refractivity contribution in [3.63, 3.8) is 0 Å². The molecule has 8 heteroatoms. The van der Waals surface area contributed by atoms with Gasteiger partial charge in [-0.25, -0.2) is 22.5 Å². The van der Waals surface area contributed by atoms with Crippen LogP contribution in [0.4, 0.5) is 4.79 Å². The minimum absolute atomic E-state index is 0.269. The number of hydrogen-bond donors (Lipinski definition) is 1. The van der Waals surface area contributed by atoms with Crippen molar-refractivity contribution in [2.45, 2.75) is 13.3 Å². The fourth-order valence-corrected chi connectivity index (χ4v) is 2.41. The van der Waals surface area contributed by atoms with E-state index in [1.54, 1.807) is 13.1 Å². The van der Waals surface area contributed by atoms with Gasteiger partial charge < -0.3 is 5.32 Å². The summed E-state index contributed by atoms with van der Waals surface area (Å²) >= 11 is 0. The Kier molecular flexibility index (Phi) is 5.29. The maximum absolute atomic E-state index is 11.5. The molecule has 0 aliphatic carbocycles. The van der Waals surface area contributed by atoms with E-state index in [1.165, 1.54) is 27.7 Å². The van der Waals surface area contributed by atoms with Crippen LogP contribution in [0.15, 0.2) is 18.7 Å². The molecule has 7 nitrogen and oxygen atoms in total. The summed E-state index contributed by atoms with van der Waals surface area (Å²) in [5.74, 6) is 0. The van der Waals surface area contributed by atoms with Crippen molar-refractivity contribution in [1.29, 1.82) is 0 Å². The summed E-state index contributed by atoms with van der Waals surface area (Å²) in [6.45, 7) is 3.04. The number of nitrogens with one attached hydrogen (secondary N) is 1. The summed E-state index contributed by atoms with van der Waals surface area (Å²) in [4.78, 5) is 15.3. The standard InChI is InChI=1S/C10H18N4O3S/c1-3-14(18(2,16)17)7-4-5-12-10(15)13-8-6-11-9-13/h6,8-9H,3-5,7H2,1-2H3,(H,12,15). The van der Waals surface area contributed by atoms with E-state index >= 15 is 0 Å². The van der Waals surface area contributed by atoms with Crippen LogP contribution in [0.3, 0.4) is 0 Å². The monoisotopic (exact) mass is 274 g/mol. The van der Waals surface area contributed by atoms with Gasteiger partial charge in [-0.15, -0.1) is 0 Å². The molecule has 0 unspecified atom stereocenters. The fourth-order valence-electron chi connectivity index (χ4n) is 1.48. The van der Waals surface area contributed by atoms with E-state index < -0.39 is 10.0 Å². The predicted octanol–water partition coefficient (Wildman–Crippen LogP) is 0.112. The molecule has 0 aliphatic heterocycles. The van der Waals surface area contributed by atoms with Gasteiger partial charge in [0.15, 0.2) is 0 Å². The first-order valence-electron chi connectivity index (χ1n) is 5.66. The Morgan fingerprint density at radius 3 is 2.72 bits per heavy atom. The van der Waals surface area contributed by atoms with Gasteiger partial charge in [-0.1, -0.05) is 6.92 Å². The number of rotatable bonds is 6. The SMILES string of the molecule is CCN(CCCNC(=O)n1ccnc1)S(C)(=O)=O. The average molecular weight is 274 g/mol. The van der Waals surface area contributed by atoms with Crippen molar-refractivity contribution in [2.24, 2.45) is 0 Å². The van der Waals surface area contributed by atoms with Crippen LogP contribution in [0.1, 0.15) is 13.3 Å². The topological polar surface area (TPSA) is 84.3 Å². The van der Waals surface area contributed by atoms with E-state index in [2.05, 4.69) is 10.3 Å². The van der Waals surface area contributed by atoms with Gasteiger partial charge in [0.05, 0.1) is 6.26 Å². The zero-order valence-electron chi connectivity index (χ0n) is 10.5. The fraction of sp³-hybridized carbons (Fsp3) is 0.600. The van der Waals surface area contributed by atoms with Gasteiger partial charge in [-0.2, -0.15) is 0 Å². The second-order valence-corrected chi connectivity index (χ2v) is 5.79. The van der Waals surface area contributed by atoms with Crippen LogP contribution in [-0.2, 0) is 10.0 Å². The van der Waals surface area contributed by atoms with E-state index in [9.17, 15) is 13.2 Å². The summed E-state index contributed by atoms with van der Waals surface area (Å²) in [5, 5.41) is 2.68. The van der Waals surface area contributed by atoms with Crippen LogP contribution in [0.25, 0.3) is 0 Å². The molecule has 0 radical (unpaired) electrons. The highest BCUT2D eigenvalue weighted by molar-refractivity contribution is 7.88. The molecule has 1 aromatic rings. The molecule has 1 heterocycles. The van der Waals surface area contributed by atoms with Gasteiger partial charge in [-0.3, -0.25) is 4.57 Å². The quantitative estimate of drug-likeness (QED) is 0.746. The molecule has 1 N–H and O–H groups in total. The summed E-state index contributed by atoms with van der Waals surface area (Å²) in [6, 6.07) is -0.269. The molecule has 1 amide bonds. The molecule has 18 heavy (non-hydrogen) atoms. The number of imidazole rings is 1. The van der Waals surface area contributed by atoms with Gasteiger partial charge in [0.2, 0.25) is 10.0 Å². The molecule has 0 aromatic carbocycles. The first-order chi connectivity index (χ1) is 8.45. The van der Waals surface area contributed by atoms with Crippen LogP contribution < -0.4 is 5.32 Å². The molecular weight excluding hydrogens is 256 g/mol. The maximum Gasteiger partial charge on any atom is 0.326 e. The first kappa shape index (κ1) is 14.7. The van der Waals surface area contributed by atoms with Crippen molar-refractivity contribution in [2.75, 3.05) is 25.9 Å². The number of amides is 1. The Morgan fingerprint density at radius 2 is 2.22 bits per heavy atom. The second kappa shape index (κ2) is 6.50. The van der Waals surface area contributed by atoms with Gasteiger partial charge in [-0.05, 0) is 6.42 Å². The lowest BCUT2D eigenvalue weighted by molar-refractivity contribution is 0.242. The third-order valence-corrected chi connectivity index (χ3v) is 3.80. The van der Waals surface area contributed by atoms with Gasteiger partial charge >= 0.3 is 6.03 Å². The zero-order valence-corrected chi connectivity index (χ0v) is 11.4. The van der Waals surface area contributed by atoms with Crippen molar-refractivity contribution in [1.82, 2.24) is 19.2 Å². The molecule has 1 aromatic heterocycles. The molecule has 1 rings (SSSR count). The Bertz CT molecular complexity index is 469. The minimum atomic E-state index is -3.15.